The molecule has 3 rings (SSSR count). The number of rotatable bonds is 5. The summed E-state index contributed by atoms with van der Waals surface area (Å²) in [6.45, 7) is 6.63. The summed E-state index contributed by atoms with van der Waals surface area (Å²) in [4.78, 5) is 9.35. The van der Waals surface area contributed by atoms with Crippen molar-refractivity contribution < 1.29 is 0 Å². The molecule has 1 aliphatic heterocycles. The summed E-state index contributed by atoms with van der Waals surface area (Å²) in [6.07, 6.45) is 7.85. The molecule has 110 valence electrons. The number of aromatic nitrogens is 1. The van der Waals surface area contributed by atoms with Crippen LogP contribution >= 0.6 is 0 Å². The molecule has 1 saturated heterocycles. The number of nitrogens with zero attached hydrogens (tertiary/aromatic N) is 3. The fraction of sp³-hybridized carbons (Fsp3) is 0.688. The lowest BCUT2D eigenvalue weighted by Gasteiger charge is -2.40. The lowest BCUT2D eigenvalue weighted by molar-refractivity contribution is 0.213. The van der Waals surface area contributed by atoms with Crippen molar-refractivity contribution in [2.24, 2.45) is 0 Å². The summed E-state index contributed by atoms with van der Waals surface area (Å²) in [7, 11) is 2.24. The molecule has 1 saturated carbocycles. The first-order chi connectivity index (χ1) is 9.78. The van der Waals surface area contributed by atoms with Crippen molar-refractivity contribution in [1.29, 1.82) is 0 Å². The van der Waals surface area contributed by atoms with Gasteiger partial charge in [0, 0.05) is 44.5 Å². The average molecular weight is 274 g/mol. The van der Waals surface area contributed by atoms with Crippen molar-refractivity contribution >= 4 is 5.69 Å². The van der Waals surface area contributed by atoms with Gasteiger partial charge in [0.2, 0.25) is 0 Å². The van der Waals surface area contributed by atoms with E-state index in [1.807, 2.05) is 12.4 Å². The van der Waals surface area contributed by atoms with Crippen molar-refractivity contribution in [1.82, 2.24) is 15.2 Å². The smallest absolute Gasteiger partial charge is 0.0599 e. The molecular formula is C16H26N4. The van der Waals surface area contributed by atoms with Gasteiger partial charge >= 0.3 is 0 Å². The molecule has 2 aliphatic rings. The molecular weight excluding hydrogens is 248 g/mol. The minimum Gasteiger partial charge on any atom is -0.367 e. The maximum atomic E-state index is 4.35. The highest BCUT2D eigenvalue weighted by atomic mass is 15.3. The number of nitrogens with one attached hydrogen (secondary N) is 1. The Bertz CT molecular complexity index is 444. The topological polar surface area (TPSA) is 31.4 Å². The van der Waals surface area contributed by atoms with Gasteiger partial charge in [-0.25, -0.2) is 0 Å². The van der Waals surface area contributed by atoms with Gasteiger partial charge in [0.1, 0.15) is 0 Å². The molecule has 0 spiro atoms. The summed E-state index contributed by atoms with van der Waals surface area (Å²) in [5.74, 6) is 0. The maximum absolute atomic E-state index is 4.35. The van der Waals surface area contributed by atoms with Gasteiger partial charge in [0.15, 0.2) is 0 Å². The van der Waals surface area contributed by atoms with E-state index in [0.29, 0.717) is 6.04 Å². The Balaban J connectivity index is 1.71. The van der Waals surface area contributed by atoms with Crippen molar-refractivity contribution in [3.63, 3.8) is 0 Å². The van der Waals surface area contributed by atoms with Crippen LogP contribution in [0.4, 0.5) is 5.69 Å². The van der Waals surface area contributed by atoms with E-state index < -0.39 is 0 Å². The Labute approximate surface area is 122 Å². The fourth-order valence-electron chi connectivity index (χ4n) is 3.00. The summed E-state index contributed by atoms with van der Waals surface area (Å²) >= 11 is 0. The van der Waals surface area contributed by atoms with Crippen LogP contribution in [0.1, 0.15) is 31.7 Å². The fourth-order valence-corrected chi connectivity index (χ4v) is 3.00. The van der Waals surface area contributed by atoms with Crippen LogP contribution in [-0.2, 0) is 6.54 Å². The standard InChI is InChI=1S/C16H26N4/c1-3-15-12-20(9-8-19(15)2)16-11-17-7-6-13(16)10-18-14-4-5-14/h6-7,11,14-15,18H,3-5,8-10,12H2,1-2H3. The molecule has 2 heterocycles. The number of pyridine rings is 1. The Hall–Kier alpha value is -1.13. The van der Waals surface area contributed by atoms with E-state index in [1.165, 1.54) is 30.5 Å². The summed E-state index contributed by atoms with van der Waals surface area (Å²) in [5.41, 5.74) is 2.72. The number of likely N-dealkylation sites (N-methyl/N-ethyl adjacent to an activating group) is 1. The van der Waals surface area contributed by atoms with Crippen LogP contribution in [0.25, 0.3) is 0 Å². The van der Waals surface area contributed by atoms with Gasteiger partial charge in [0.25, 0.3) is 0 Å². The van der Waals surface area contributed by atoms with Gasteiger partial charge in [-0.3, -0.25) is 9.88 Å². The molecule has 0 radical (unpaired) electrons. The first kappa shape index (κ1) is 13.8. The van der Waals surface area contributed by atoms with Crippen LogP contribution in [0.15, 0.2) is 18.5 Å². The zero-order valence-corrected chi connectivity index (χ0v) is 12.7. The average Bonchev–Trinajstić information content (AvgIpc) is 3.30. The van der Waals surface area contributed by atoms with E-state index >= 15 is 0 Å². The SMILES string of the molecule is CCC1CN(c2cnccc2CNC2CC2)CCN1C. The van der Waals surface area contributed by atoms with E-state index in [4.69, 9.17) is 0 Å². The summed E-state index contributed by atoms with van der Waals surface area (Å²) < 4.78 is 0. The molecule has 1 N–H and O–H groups in total. The van der Waals surface area contributed by atoms with Gasteiger partial charge in [-0.05, 0) is 37.9 Å². The first-order valence-corrected chi connectivity index (χ1v) is 7.89. The number of piperazine rings is 1. The maximum Gasteiger partial charge on any atom is 0.0599 e. The molecule has 1 unspecified atom stereocenters. The van der Waals surface area contributed by atoms with Gasteiger partial charge < -0.3 is 10.2 Å². The van der Waals surface area contributed by atoms with Crippen LogP contribution in [0.5, 0.6) is 0 Å². The molecule has 1 aromatic heterocycles. The predicted octanol–water partition coefficient (Wildman–Crippen LogP) is 1.86. The number of anilines is 1. The van der Waals surface area contributed by atoms with Gasteiger partial charge in [0.05, 0.1) is 11.9 Å². The molecule has 4 heteroatoms. The van der Waals surface area contributed by atoms with Crippen molar-refractivity contribution in [2.45, 2.75) is 44.8 Å². The highest BCUT2D eigenvalue weighted by Crippen LogP contribution is 2.25. The molecule has 0 aromatic carbocycles. The monoisotopic (exact) mass is 274 g/mol. The summed E-state index contributed by atoms with van der Waals surface area (Å²) in [6, 6.07) is 3.59. The van der Waals surface area contributed by atoms with Crippen LogP contribution in [0.2, 0.25) is 0 Å². The Morgan fingerprint density at radius 3 is 2.95 bits per heavy atom. The van der Waals surface area contributed by atoms with Gasteiger partial charge in [-0.15, -0.1) is 0 Å². The lowest BCUT2D eigenvalue weighted by atomic mass is 10.1. The van der Waals surface area contributed by atoms with Crippen molar-refractivity contribution in [3.8, 4) is 0 Å². The normalized spacial score (nSPS) is 24.1. The third-order valence-corrected chi connectivity index (χ3v) is 4.64. The molecule has 0 amide bonds. The molecule has 1 aliphatic carbocycles. The Morgan fingerprint density at radius 1 is 1.35 bits per heavy atom. The van der Waals surface area contributed by atoms with E-state index in [-0.39, 0.29) is 0 Å². The highest BCUT2D eigenvalue weighted by molar-refractivity contribution is 5.52. The number of hydrogen-bond donors (Lipinski definition) is 1. The molecule has 1 atom stereocenters. The minimum atomic E-state index is 0.660. The number of hydrogen-bond acceptors (Lipinski definition) is 4. The zero-order valence-electron chi connectivity index (χ0n) is 12.7. The minimum absolute atomic E-state index is 0.660. The van der Waals surface area contributed by atoms with Crippen LogP contribution in [-0.4, -0.2) is 48.6 Å². The molecule has 2 fully saturated rings. The van der Waals surface area contributed by atoms with Crippen LogP contribution in [0, 0.1) is 0 Å². The predicted molar refractivity (Wildman–Crippen MR) is 83.0 cm³/mol. The van der Waals surface area contributed by atoms with E-state index in [9.17, 15) is 0 Å². The van der Waals surface area contributed by atoms with Crippen molar-refractivity contribution in [3.05, 3.63) is 24.0 Å². The molecule has 1 aromatic rings. The van der Waals surface area contributed by atoms with E-state index in [1.54, 1.807) is 0 Å². The van der Waals surface area contributed by atoms with Crippen molar-refractivity contribution in [2.75, 3.05) is 31.6 Å². The molecule has 20 heavy (non-hydrogen) atoms. The van der Waals surface area contributed by atoms with E-state index in [0.717, 1.165) is 32.2 Å². The summed E-state index contributed by atoms with van der Waals surface area (Å²) in [5, 5.41) is 3.62. The van der Waals surface area contributed by atoms with Gasteiger partial charge in [-0.1, -0.05) is 6.92 Å². The Kier molecular flexibility index (Phi) is 4.22. The Morgan fingerprint density at radius 2 is 2.20 bits per heavy atom. The second-order valence-corrected chi connectivity index (χ2v) is 6.15. The molecule has 4 nitrogen and oxygen atoms in total. The first-order valence-electron chi connectivity index (χ1n) is 7.89. The third-order valence-electron chi connectivity index (χ3n) is 4.64. The quantitative estimate of drug-likeness (QED) is 0.888. The molecule has 0 bridgehead atoms. The van der Waals surface area contributed by atoms with E-state index in [2.05, 4.69) is 40.1 Å². The second-order valence-electron chi connectivity index (χ2n) is 6.15. The largest absolute Gasteiger partial charge is 0.367 e. The zero-order chi connectivity index (χ0) is 13.9. The third kappa shape index (κ3) is 3.13. The highest BCUT2D eigenvalue weighted by Gasteiger charge is 2.25. The van der Waals surface area contributed by atoms with Crippen LogP contribution in [0.3, 0.4) is 0 Å². The second kappa shape index (κ2) is 6.10. The lowest BCUT2D eigenvalue weighted by Crippen LogP contribution is -2.51. The van der Waals surface area contributed by atoms with Crippen LogP contribution < -0.4 is 10.2 Å². The van der Waals surface area contributed by atoms with Gasteiger partial charge in [-0.2, -0.15) is 0 Å².